The van der Waals surface area contributed by atoms with Crippen LogP contribution in [0.2, 0.25) is 5.02 Å². The van der Waals surface area contributed by atoms with Gasteiger partial charge < -0.3 is 15.4 Å². The van der Waals surface area contributed by atoms with Crippen molar-refractivity contribution in [2.24, 2.45) is 0 Å². The molecule has 0 saturated heterocycles. The molecule has 0 fully saturated rings. The first-order chi connectivity index (χ1) is 12.2. The number of unbranched alkanes of at least 4 members (excludes halogenated alkanes) is 3. The van der Waals surface area contributed by atoms with Gasteiger partial charge in [-0.1, -0.05) is 43.9 Å². The van der Waals surface area contributed by atoms with E-state index in [2.05, 4.69) is 17.6 Å². The predicted molar refractivity (Wildman–Crippen MR) is 105 cm³/mol. The summed E-state index contributed by atoms with van der Waals surface area (Å²) < 4.78 is 5.75. The number of anilines is 2. The molecular weight excluding hydrogens is 336 g/mol. The summed E-state index contributed by atoms with van der Waals surface area (Å²) in [4.78, 5) is 12.0. The Kier molecular flexibility index (Phi) is 8.13. The van der Waals surface area contributed by atoms with E-state index in [0.717, 1.165) is 30.2 Å². The van der Waals surface area contributed by atoms with Crippen LogP contribution in [0, 0.1) is 0 Å². The molecule has 0 aromatic heterocycles. The number of hydrogen-bond acceptors (Lipinski definition) is 3. The second-order valence-electron chi connectivity index (χ2n) is 5.85. The van der Waals surface area contributed by atoms with Gasteiger partial charge in [-0.05, 0) is 42.8 Å². The van der Waals surface area contributed by atoms with Crippen molar-refractivity contribution in [3.63, 3.8) is 0 Å². The topological polar surface area (TPSA) is 50.4 Å². The van der Waals surface area contributed by atoms with Gasteiger partial charge in [0.1, 0.15) is 5.75 Å². The van der Waals surface area contributed by atoms with Crippen molar-refractivity contribution in [2.75, 3.05) is 23.8 Å². The van der Waals surface area contributed by atoms with E-state index in [1.54, 1.807) is 24.3 Å². The second kappa shape index (κ2) is 10.6. The molecule has 0 unspecified atom stereocenters. The Labute approximate surface area is 154 Å². The molecule has 0 radical (unpaired) electrons. The van der Waals surface area contributed by atoms with E-state index < -0.39 is 0 Å². The summed E-state index contributed by atoms with van der Waals surface area (Å²) in [6.45, 7) is 3.10. The lowest BCUT2D eigenvalue weighted by molar-refractivity contribution is -0.114. The standard InChI is InChI=1S/C20H25ClN2O2/c1-2-3-4-5-13-25-19-8-6-7-18(14-19)22-15-20(24)23-17-11-9-16(21)10-12-17/h6-12,14,22H,2-5,13,15H2,1H3,(H,23,24). The lowest BCUT2D eigenvalue weighted by Gasteiger charge is -2.10. The molecule has 134 valence electrons. The molecule has 0 heterocycles. The van der Waals surface area contributed by atoms with Crippen molar-refractivity contribution in [3.8, 4) is 5.75 Å². The van der Waals surface area contributed by atoms with E-state index in [1.807, 2.05) is 24.3 Å². The Bertz CT molecular complexity index is 659. The van der Waals surface area contributed by atoms with Crippen LogP contribution in [0.3, 0.4) is 0 Å². The molecule has 1 amide bonds. The van der Waals surface area contributed by atoms with E-state index in [-0.39, 0.29) is 12.5 Å². The maximum Gasteiger partial charge on any atom is 0.243 e. The van der Waals surface area contributed by atoms with Gasteiger partial charge in [0.2, 0.25) is 5.91 Å². The van der Waals surface area contributed by atoms with Crippen LogP contribution in [-0.2, 0) is 4.79 Å². The molecule has 0 aliphatic heterocycles. The van der Waals surface area contributed by atoms with E-state index in [0.29, 0.717) is 5.02 Å². The highest BCUT2D eigenvalue weighted by Crippen LogP contribution is 2.18. The number of amides is 1. The zero-order valence-corrected chi connectivity index (χ0v) is 15.3. The van der Waals surface area contributed by atoms with E-state index in [1.165, 1.54) is 19.3 Å². The minimum Gasteiger partial charge on any atom is -0.494 e. The van der Waals surface area contributed by atoms with Crippen LogP contribution in [0.1, 0.15) is 32.6 Å². The lowest BCUT2D eigenvalue weighted by Crippen LogP contribution is -2.21. The Morgan fingerprint density at radius 1 is 1.04 bits per heavy atom. The number of ether oxygens (including phenoxy) is 1. The third kappa shape index (κ3) is 7.48. The smallest absolute Gasteiger partial charge is 0.243 e. The largest absolute Gasteiger partial charge is 0.494 e. The van der Waals surface area contributed by atoms with Gasteiger partial charge >= 0.3 is 0 Å². The molecule has 25 heavy (non-hydrogen) atoms. The van der Waals surface area contributed by atoms with E-state index in [9.17, 15) is 4.79 Å². The maximum atomic E-state index is 12.0. The van der Waals surface area contributed by atoms with Gasteiger partial charge in [0, 0.05) is 22.5 Å². The number of carbonyl (C=O) groups is 1. The van der Waals surface area contributed by atoms with Gasteiger partial charge in [-0.2, -0.15) is 0 Å². The first-order valence-corrected chi connectivity index (χ1v) is 9.07. The molecule has 0 bridgehead atoms. The molecule has 0 aliphatic rings. The van der Waals surface area contributed by atoms with Gasteiger partial charge in [-0.25, -0.2) is 0 Å². The highest BCUT2D eigenvalue weighted by molar-refractivity contribution is 6.30. The average molecular weight is 361 g/mol. The van der Waals surface area contributed by atoms with Crippen molar-refractivity contribution >= 4 is 28.9 Å². The van der Waals surface area contributed by atoms with Crippen molar-refractivity contribution in [1.29, 1.82) is 0 Å². The van der Waals surface area contributed by atoms with Crippen LogP contribution in [0.25, 0.3) is 0 Å². The van der Waals surface area contributed by atoms with Crippen LogP contribution in [-0.4, -0.2) is 19.1 Å². The SMILES string of the molecule is CCCCCCOc1cccc(NCC(=O)Nc2ccc(Cl)cc2)c1. The van der Waals surface area contributed by atoms with Crippen molar-refractivity contribution in [1.82, 2.24) is 0 Å². The van der Waals surface area contributed by atoms with Crippen LogP contribution in [0.4, 0.5) is 11.4 Å². The number of hydrogen-bond donors (Lipinski definition) is 2. The number of nitrogens with one attached hydrogen (secondary N) is 2. The molecule has 0 saturated carbocycles. The third-order valence-corrected chi connectivity index (χ3v) is 3.93. The zero-order valence-electron chi connectivity index (χ0n) is 14.6. The molecular formula is C20H25ClN2O2. The number of rotatable bonds is 10. The van der Waals surface area contributed by atoms with Gasteiger partial charge in [0.25, 0.3) is 0 Å². The summed E-state index contributed by atoms with van der Waals surface area (Å²) >= 11 is 5.83. The van der Waals surface area contributed by atoms with Crippen LogP contribution in [0.15, 0.2) is 48.5 Å². The molecule has 5 heteroatoms. The first kappa shape index (κ1) is 19.1. The molecule has 0 atom stereocenters. The highest BCUT2D eigenvalue weighted by Gasteiger charge is 2.03. The number of carbonyl (C=O) groups excluding carboxylic acids is 1. The van der Waals surface area contributed by atoms with Crippen LogP contribution < -0.4 is 15.4 Å². The summed E-state index contributed by atoms with van der Waals surface area (Å²) in [5.74, 6) is 0.702. The molecule has 2 aromatic rings. The fraction of sp³-hybridized carbons (Fsp3) is 0.350. The summed E-state index contributed by atoms with van der Waals surface area (Å²) in [7, 11) is 0. The Balaban J connectivity index is 1.75. The van der Waals surface area contributed by atoms with E-state index >= 15 is 0 Å². The monoisotopic (exact) mass is 360 g/mol. The van der Waals surface area contributed by atoms with Crippen LogP contribution >= 0.6 is 11.6 Å². The molecule has 2 aromatic carbocycles. The van der Waals surface area contributed by atoms with Crippen molar-refractivity contribution < 1.29 is 9.53 Å². The minimum atomic E-state index is -0.117. The molecule has 0 aliphatic carbocycles. The molecule has 0 spiro atoms. The number of benzene rings is 2. The summed E-state index contributed by atoms with van der Waals surface area (Å²) in [5.41, 5.74) is 1.58. The van der Waals surface area contributed by atoms with E-state index in [4.69, 9.17) is 16.3 Å². The third-order valence-electron chi connectivity index (χ3n) is 3.68. The lowest BCUT2D eigenvalue weighted by atomic mass is 10.2. The first-order valence-electron chi connectivity index (χ1n) is 8.69. The average Bonchev–Trinajstić information content (AvgIpc) is 2.62. The Hall–Kier alpha value is -2.20. The summed E-state index contributed by atoms with van der Waals surface area (Å²) in [6.07, 6.45) is 4.72. The second-order valence-corrected chi connectivity index (χ2v) is 6.28. The molecule has 2 N–H and O–H groups in total. The number of halogens is 1. The normalized spacial score (nSPS) is 10.3. The minimum absolute atomic E-state index is 0.117. The van der Waals surface area contributed by atoms with Gasteiger partial charge in [0.15, 0.2) is 0 Å². The summed E-state index contributed by atoms with van der Waals surface area (Å²) in [5, 5.41) is 6.57. The highest BCUT2D eigenvalue weighted by atomic mass is 35.5. The maximum absolute atomic E-state index is 12.0. The fourth-order valence-corrected chi connectivity index (χ4v) is 2.46. The Morgan fingerprint density at radius 2 is 1.84 bits per heavy atom. The molecule has 2 rings (SSSR count). The zero-order chi connectivity index (χ0) is 17.9. The predicted octanol–water partition coefficient (Wildman–Crippen LogP) is 5.35. The van der Waals surface area contributed by atoms with Crippen molar-refractivity contribution in [3.05, 3.63) is 53.6 Å². The van der Waals surface area contributed by atoms with Gasteiger partial charge in [-0.3, -0.25) is 4.79 Å². The molecule has 4 nitrogen and oxygen atoms in total. The summed E-state index contributed by atoms with van der Waals surface area (Å²) in [6, 6.07) is 14.7. The van der Waals surface area contributed by atoms with Crippen LogP contribution in [0.5, 0.6) is 5.75 Å². The quantitative estimate of drug-likeness (QED) is 0.561. The Morgan fingerprint density at radius 3 is 2.60 bits per heavy atom. The van der Waals surface area contributed by atoms with Crippen molar-refractivity contribution in [2.45, 2.75) is 32.6 Å². The van der Waals surface area contributed by atoms with Gasteiger partial charge in [0.05, 0.1) is 13.2 Å². The van der Waals surface area contributed by atoms with Gasteiger partial charge in [-0.15, -0.1) is 0 Å². The fourth-order valence-electron chi connectivity index (χ4n) is 2.34.